The van der Waals surface area contributed by atoms with Gasteiger partial charge in [-0.3, -0.25) is 0 Å². The average Bonchev–Trinajstić information content (AvgIpc) is 2.70. The smallest absolute Gasteiger partial charge is 0.323 e. The van der Waals surface area contributed by atoms with Gasteiger partial charge in [0.15, 0.2) is 5.82 Å². The molecule has 1 saturated heterocycles. The molecule has 2 aromatic rings. The summed E-state index contributed by atoms with van der Waals surface area (Å²) in [5.74, 6) is 1.87. The van der Waals surface area contributed by atoms with Crippen molar-refractivity contribution in [3.8, 4) is 5.75 Å². The summed E-state index contributed by atoms with van der Waals surface area (Å²) in [6.45, 7) is 5.21. The third-order valence-electron chi connectivity index (χ3n) is 4.16. The number of rotatable bonds is 6. The Morgan fingerprint density at radius 1 is 1.21 bits per heavy atom. The Morgan fingerprint density at radius 3 is 2.64 bits per heavy atom. The first-order chi connectivity index (χ1) is 13.6. The SMILES string of the molecule is CCOc1ccccc1NC(=O)Nc1cnc(N2CCOCC2)nc1N(C)C. The molecule has 1 aliphatic heterocycles. The largest absolute Gasteiger partial charge is 0.492 e. The van der Waals surface area contributed by atoms with Crippen molar-refractivity contribution < 1.29 is 14.3 Å². The summed E-state index contributed by atoms with van der Waals surface area (Å²) in [7, 11) is 3.75. The van der Waals surface area contributed by atoms with Crippen LogP contribution in [0.15, 0.2) is 30.5 Å². The van der Waals surface area contributed by atoms with Gasteiger partial charge in [0, 0.05) is 27.2 Å². The summed E-state index contributed by atoms with van der Waals surface area (Å²) in [5.41, 5.74) is 1.12. The number of nitrogens with one attached hydrogen (secondary N) is 2. The van der Waals surface area contributed by atoms with E-state index in [4.69, 9.17) is 9.47 Å². The Kier molecular flexibility index (Phi) is 6.49. The first-order valence-corrected chi connectivity index (χ1v) is 9.25. The fraction of sp³-hybridized carbons (Fsp3) is 0.421. The Bertz CT molecular complexity index is 808. The highest BCUT2D eigenvalue weighted by Crippen LogP contribution is 2.26. The molecule has 1 aromatic heterocycles. The zero-order valence-electron chi connectivity index (χ0n) is 16.4. The van der Waals surface area contributed by atoms with E-state index in [1.54, 1.807) is 12.3 Å². The van der Waals surface area contributed by atoms with Gasteiger partial charge >= 0.3 is 6.03 Å². The predicted octanol–water partition coefficient (Wildman–Crippen LogP) is 2.42. The van der Waals surface area contributed by atoms with Crippen LogP contribution >= 0.6 is 0 Å². The van der Waals surface area contributed by atoms with Gasteiger partial charge in [-0.1, -0.05) is 12.1 Å². The van der Waals surface area contributed by atoms with E-state index in [9.17, 15) is 4.79 Å². The lowest BCUT2D eigenvalue weighted by Gasteiger charge is -2.28. The molecule has 1 fully saturated rings. The summed E-state index contributed by atoms with van der Waals surface area (Å²) in [6, 6.07) is 6.90. The molecule has 2 heterocycles. The van der Waals surface area contributed by atoms with Crippen LogP contribution in [0.4, 0.5) is 27.9 Å². The van der Waals surface area contributed by atoms with Gasteiger partial charge in [0.25, 0.3) is 0 Å². The zero-order valence-corrected chi connectivity index (χ0v) is 16.4. The highest BCUT2D eigenvalue weighted by molar-refractivity contribution is 6.02. The second-order valence-electron chi connectivity index (χ2n) is 6.41. The Hall–Kier alpha value is -3.07. The number of carbonyl (C=O) groups is 1. The van der Waals surface area contributed by atoms with Crippen LogP contribution in [0.3, 0.4) is 0 Å². The minimum Gasteiger partial charge on any atom is -0.492 e. The number of aromatic nitrogens is 2. The monoisotopic (exact) mass is 386 g/mol. The van der Waals surface area contributed by atoms with Gasteiger partial charge < -0.3 is 29.9 Å². The van der Waals surface area contributed by atoms with Gasteiger partial charge in [-0.25, -0.2) is 9.78 Å². The summed E-state index contributed by atoms with van der Waals surface area (Å²) < 4.78 is 10.9. The number of ether oxygens (including phenoxy) is 2. The summed E-state index contributed by atoms with van der Waals surface area (Å²) in [6.07, 6.45) is 1.63. The molecule has 2 amide bonds. The zero-order chi connectivity index (χ0) is 19.9. The Morgan fingerprint density at radius 2 is 1.93 bits per heavy atom. The Labute approximate surface area is 164 Å². The molecule has 0 atom stereocenters. The van der Waals surface area contributed by atoms with Crippen molar-refractivity contribution in [3.05, 3.63) is 30.5 Å². The van der Waals surface area contributed by atoms with E-state index in [1.807, 2.05) is 44.1 Å². The summed E-state index contributed by atoms with van der Waals surface area (Å²) in [4.78, 5) is 25.5. The number of carbonyl (C=O) groups excluding carboxylic acids is 1. The van der Waals surface area contributed by atoms with E-state index >= 15 is 0 Å². The molecule has 9 nitrogen and oxygen atoms in total. The molecule has 28 heavy (non-hydrogen) atoms. The average molecular weight is 386 g/mol. The maximum absolute atomic E-state index is 12.5. The molecule has 3 rings (SSSR count). The first-order valence-electron chi connectivity index (χ1n) is 9.25. The number of anilines is 4. The van der Waals surface area contributed by atoms with Gasteiger partial charge in [0.2, 0.25) is 5.95 Å². The van der Waals surface area contributed by atoms with Crippen LogP contribution in [0, 0.1) is 0 Å². The first kappa shape index (κ1) is 19.7. The highest BCUT2D eigenvalue weighted by Gasteiger charge is 2.18. The van der Waals surface area contributed by atoms with E-state index < -0.39 is 6.03 Å². The summed E-state index contributed by atoms with van der Waals surface area (Å²) in [5, 5.41) is 5.64. The predicted molar refractivity (Wildman–Crippen MR) is 110 cm³/mol. The molecule has 150 valence electrons. The van der Waals surface area contributed by atoms with Crippen molar-refractivity contribution in [1.29, 1.82) is 0 Å². The van der Waals surface area contributed by atoms with Gasteiger partial charge in [0.1, 0.15) is 11.4 Å². The van der Waals surface area contributed by atoms with Crippen LogP contribution in [-0.4, -0.2) is 63.0 Å². The molecular weight excluding hydrogens is 360 g/mol. The molecule has 0 spiro atoms. The molecule has 1 aromatic carbocycles. The van der Waals surface area contributed by atoms with Crippen LogP contribution in [0.2, 0.25) is 0 Å². The van der Waals surface area contributed by atoms with E-state index in [0.717, 1.165) is 13.1 Å². The van der Waals surface area contributed by atoms with Crippen LogP contribution in [0.25, 0.3) is 0 Å². The molecule has 0 bridgehead atoms. The van der Waals surface area contributed by atoms with Gasteiger partial charge in [-0.2, -0.15) is 4.98 Å². The third kappa shape index (κ3) is 4.80. The number of amides is 2. The normalized spacial score (nSPS) is 13.8. The molecule has 0 aliphatic carbocycles. The lowest BCUT2D eigenvalue weighted by molar-refractivity contribution is 0.122. The van der Waals surface area contributed by atoms with Crippen LogP contribution in [0.5, 0.6) is 5.75 Å². The molecule has 1 aliphatic rings. The fourth-order valence-corrected chi connectivity index (χ4v) is 2.84. The highest BCUT2D eigenvalue weighted by atomic mass is 16.5. The van der Waals surface area contributed by atoms with E-state index in [2.05, 4.69) is 25.5 Å². The number of hydrogen-bond donors (Lipinski definition) is 2. The number of benzene rings is 1. The fourth-order valence-electron chi connectivity index (χ4n) is 2.84. The molecule has 0 unspecified atom stereocenters. The topological polar surface area (TPSA) is 91.8 Å². The molecule has 0 radical (unpaired) electrons. The van der Waals surface area contributed by atoms with Crippen LogP contribution in [-0.2, 0) is 4.74 Å². The maximum atomic E-state index is 12.5. The second-order valence-corrected chi connectivity index (χ2v) is 6.41. The van der Waals surface area contributed by atoms with Crippen molar-refractivity contribution in [1.82, 2.24) is 9.97 Å². The van der Waals surface area contributed by atoms with Crippen molar-refractivity contribution in [2.75, 3.05) is 67.4 Å². The quantitative estimate of drug-likeness (QED) is 0.788. The molecule has 0 saturated carbocycles. The van der Waals surface area contributed by atoms with Gasteiger partial charge in [-0.15, -0.1) is 0 Å². The second kappa shape index (κ2) is 9.23. The minimum atomic E-state index is -0.391. The van der Waals surface area contributed by atoms with Crippen LogP contribution < -0.4 is 25.2 Å². The van der Waals surface area contributed by atoms with Crippen molar-refractivity contribution in [3.63, 3.8) is 0 Å². The standard InChI is InChI=1S/C19H26N6O3/c1-4-28-16-8-6-5-7-14(16)21-19(26)22-15-13-20-18(23-17(15)24(2)3)25-9-11-27-12-10-25/h5-8,13H,4,9-12H2,1-3H3,(H2,21,22,26). The van der Waals surface area contributed by atoms with Crippen molar-refractivity contribution >= 4 is 29.2 Å². The molecule has 9 heteroatoms. The van der Waals surface area contributed by atoms with Crippen molar-refractivity contribution in [2.45, 2.75) is 6.92 Å². The number of para-hydroxylation sites is 2. The molecule has 2 N–H and O–H groups in total. The molecular formula is C19H26N6O3. The van der Waals surface area contributed by atoms with E-state index in [-0.39, 0.29) is 0 Å². The third-order valence-corrected chi connectivity index (χ3v) is 4.16. The summed E-state index contributed by atoms with van der Waals surface area (Å²) >= 11 is 0. The Balaban J connectivity index is 1.75. The maximum Gasteiger partial charge on any atom is 0.323 e. The number of nitrogens with zero attached hydrogens (tertiary/aromatic N) is 4. The lowest BCUT2D eigenvalue weighted by atomic mass is 10.3. The van der Waals surface area contributed by atoms with Crippen molar-refractivity contribution in [2.24, 2.45) is 0 Å². The van der Waals surface area contributed by atoms with E-state index in [0.29, 0.717) is 48.7 Å². The van der Waals surface area contributed by atoms with Gasteiger partial charge in [-0.05, 0) is 19.1 Å². The number of urea groups is 1. The van der Waals surface area contributed by atoms with E-state index in [1.165, 1.54) is 0 Å². The minimum absolute atomic E-state index is 0.391. The van der Waals surface area contributed by atoms with Gasteiger partial charge in [0.05, 0.1) is 31.7 Å². The number of hydrogen-bond acceptors (Lipinski definition) is 7. The number of morpholine rings is 1. The lowest BCUT2D eigenvalue weighted by Crippen LogP contribution is -2.37. The van der Waals surface area contributed by atoms with Crippen LogP contribution in [0.1, 0.15) is 6.92 Å².